The summed E-state index contributed by atoms with van der Waals surface area (Å²) >= 11 is 12.5. The molecule has 2 aliphatic rings. The summed E-state index contributed by atoms with van der Waals surface area (Å²) in [7, 11) is 4.51. The van der Waals surface area contributed by atoms with Crippen LogP contribution in [0.2, 0.25) is 10.0 Å². The van der Waals surface area contributed by atoms with E-state index in [4.69, 9.17) is 42.1 Å². The molecule has 2 heterocycles. The monoisotopic (exact) mass is 642 g/mol. The summed E-state index contributed by atoms with van der Waals surface area (Å²) < 4.78 is 22.9. The zero-order chi connectivity index (χ0) is 31.4. The molecule has 234 valence electrons. The first kappa shape index (κ1) is 31.9. The van der Waals surface area contributed by atoms with E-state index in [0.717, 1.165) is 5.56 Å². The molecule has 0 radical (unpaired) electrons. The van der Waals surface area contributed by atoms with Gasteiger partial charge in [-0.3, -0.25) is 9.59 Å². The SMILES string of the molecule is COc1cc(C(=O)N2C[C@@H](CCN3CCC(C(=O)O)(c4ccccc4)CC3)OC2c2ccc(Cl)c(Cl)c2)cc(OC)c1OC. The Labute approximate surface area is 267 Å². The highest BCUT2D eigenvalue weighted by Gasteiger charge is 2.43. The largest absolute Gasteiger partial charge is 0.493 e. The summed E-state index contributed by atoms with van der Waals surface area (Å²) in [6, 6.07) is 17.9. The molecule has 2 atom stereocenters. The highest BCUT2D eigenvalue weighted by Crippen LogP contribution is 2.41. The third kappa shape index (κ3) is 6.33. The van der Waals surface area contributed by atoms with E-state index in [0.29, 0.717) is 83.9 Å². The minimum absolute atomic E-state index is 0.263. The van der Waals surface area contributed by atoms with E-state index < -0.39 is 17.6 Å². The molecule has 44 heavy (non-hydrogen) atoms. The van der Waals surface area contributed by atoms with Gasteiger partial charge in [-0.1, -0.05) is 59.6 Å². The van der Waals surface area contributed by atoms with Crippen molar-refractivity contribution in [3.05, 3.63) is 87.4 Å². The third-order valence-electron chi connectivity index (χ3n) is 8.62. The highest BCUT2D eigenvalue weighted by atomic mass is 35.5. The van der Waals surface area contributed by atoms with Gasteiger partial charge in [-0.2, -0.15) is 0 Å². The number of benzene rings is 3. The number of hydrogen-bond donors (Lipinski definition) is 1. The second-order valence-electron chi connectivity index (χ2n) is 11.0. The third-order valence-corrected chi connectivity index (χ3v) is 9.36. The van der Waals surface area contributed by atoms with Crippen molar-refractivity contribution < 1.29 is 33.6 Å². The Morgan fingerprint density at radius 3 is 2.16 bits per heavy atom. The molecule has 0 saturated carbocycles. The average Bonchev–Trinajstić information content (AvgIpc) is 3.48. The molecule has 2 saturated heterocycles. The van der Waals surface area contributed by atoms with Gasteiger partial charge in [0, 0.05) is 17.7 Å². The van der Waals surface area contributed by atoms with Gasteiger partial charge < -0.3 is 33.9 Å². The molecule has 1 amide bonds. The summed E-state index contributed by atoms with van der Waals surface area (Å²) in [6.45, 7) is 2.35. The van der Waals surface area contributed by atoms with Crippen LogP contribution in [0.3, 0.4) is 0 Å². The van der Waals surface area contributed by atoms with Crippen molar-refractivity contribution >= 4 is 35.1 Å². The number of carboxylic acids is 1. The molecule has 1 unspecified atom stereocenters. The molecule has 0 spiro atoms. The summed E-state index contributed by atoms with van der Waals surface area (Å²) in [4.78, 5) is 30.3. The second-order valence-corrected chi connectivity index (χ2v) is 11.9. The van der Waals surface area contributed by atoms with E-state index in [1.165, 1.54) is 21.3 Å². The van der Waals surface area contributed by atoms with E-state index >= 15 is 0 Å². The zero-order valence-electron chi connectivity index (χ0n) is 24.9. The van der Waals surface area contributed by atoms with Crippen LogP contribution in [-0.4, -0.2) is 80.4 Å². The lowest BCUT2D eigenvalue weighted by molar-refractivity contribution is -0.146. The lowest BCUT2D eigenvalue weighted by Crippen LogP contribution is -2.47. The maximum Gasteiger partial charge on any atom is 0.314 e. The Morgan fingerprint density at radius 2 is 1.59 bits per heavy atom. The number of carboxylic acid groups (broad SMARTS) is 1. The molecule has 2 aliphatic heterocycles. The Kier molecular flexibility index (Phi) is 9.90. The lowest BCUT2D eigenvalue weighted by Gasteiger charge is -2.39. The van der Waals surface area contributed by atoms with Gasteiger partial charge in [-0.15, -0.1) is 0 Å². The average molecular weight is 644 g/mol. The molecular formula is C33H36Cl2N2O7. The summed E-state index contributed by atoms with van der Waals surface area (Å²) in [5.41, 5.74) is 1.02. The van der Waals surface area contributed by atoms with Gasteiger partial charge in [0.2, 0.25) is 5.75 Å². The smallest absolute Gasteiger partial charge is 0.314 e. The first-order valence-electron chi connectivity index (χ1n) is 14.4. The number of carbonyl (C=O) groups excluding carboxylic acids is 1. The summed E-state index contributed by atoms with van der Waals surface area (Å²) in [5.74, 6) is 0.0821. The Hall–Kier alpha value is -3.50. The van der Waals surface area contributed by atoms with E-state index in [9.17, 15) is 14.7 Å². The fraction of sp³-hybridized carbons (Fsp3) is 0.394. The molecule has 0 bridgehead atoms. The number of amides is 1. The van der Waals surface area contributed by atoms with Gasteiger partial charge in [0.15, 0.2) is 17.7 Å². The van der Waals surface area contributed by atoms with E-state index in [2.05, 4.69) is 4.90 Å². The minimum atomic E-state index is -0.885. The number of likely N-dealkylation sites (tertiary alicyclic amines) is 1. The van der Waals surface area contributed by atoms with Crippen LogP contribution in [0, 0.1) is 0 Å². The van der Waals surface area contributed by atoms with Crippen molar-refractivity contribution in [1.82, 2.24) is 9.80 Å². The van der Waals surface area contributed by atoms with Crippen molar-refractivity contribution in [1.29, 1.82) is 0 Å². The molecule has 1 N–H and O–H groups in total. The number of aliphatic carboxylic acids is 1. The molecule has 9 nitrogen and oxygen atoms in total. The van der Waals surface area contributed by atoms with Crippen LogP contribution in [0.25, 0.3) is 0 Å². The van der Waals surface area contributed by atoms with Gasteiger partial charge in [-0.25, -0.2) is 0 Å². The van der Waals surface area contributed by atoms with Crippen LogP contribution >= 0.6 is 23.2 Å². The molecule has 0 aliphatic carbocycles. The molecule has 3 aromatic carbocycles. The van der Waals surface area contributed by atoms with Crippen molar-refractivity contribution in [3.8, 4) is 17.2 Å². The number of rotatable bonds is 10. The van der Waals surface area contributed by atoms with Crippen molar-refractivity contribution in [2.75, 3.05) is 47.5 Å². The Morgan fingerprint density at radius 1 is 0.932 bits per heavy atom. The van der Waals surface area contributed by atoms with Crippen LogP contribution < -0.4 is 14.2 Å². The maximum absolute atomic E-state index is 14.0. The number of ether oxygens (including phenoxy) is 4. The van der Waals surface area contributed by atoms with E-state index in [1.807, 2.05) is 30.3 Å². The summed E-state index contributed by atoms with van der Waals surface area (Å²) in [5, 5.41) is 10.9. The molecule has 5 rings (SSSR count). The van der Waals surface area contributed by atoms with Crippen LogP contribution in [0.1, 0.15) is 47.0 Å². The summed E-state index contributed by atoms with van der Waals surface area (Å²) in [6.07, 6.45) is 0.744. The minimum Gasteiger partial charge on any atom is -0.493 e. The lowest BCUT2D eigenvalue weighted by atomic mass is 9.73. The van der Waals surface area contributed by atoms with Gasteiger partial charge in [0.05, 0.1) is 49.4 Å². The Balaban J connectivity index is 1.33. The standard InChI is InChI=1S/C33H36Cl2N2O7/c1-41-27-18-22(19-28(42-2)29(27)43-3)30(38)37-20-24(44-31(37)21-9-10-25(34)26(35)17-21)11-14-36-15-12-33(13-16-36,32(39)40)23-7-5-4-6-8-23/h4-10,17-19,24,31H,11-16,20H2,1-3H3,(H,39,40)/t24-,31?/m1/s1. The molecular weight excluding hydrogens is 607 g/mol. The first-order chi connectivity index (χ1) is 21.2. The fourth-order valence-electron chi connectivity index (χ4n) is 6.13. The van der Waals surface area contributed by atoms with Crippen molar-refractivity contribution in [3.63, 3.8) is 0 Å². The van der Waals surface area contributed by atoms with Gasteiger partial charge in [0.25, 0.3) is 5.91 Å². The number of halogens is 2. The number of carbonyl (C=O) groups is 2. The second kappa shape index (κ2) is 13.6. The fourth-order valence-corrected chi connectivity index (χ4v) is 6.43. The van der Waals surface area contributed by atoms with Crippen LogP contribution in [0.4, 0.5) is 0 Å². The van der Waals surface area contributed by atoms with Crippen LogP contribution in [0.5, 0.6) is 17.2 Å². The number of piperidine rings is 1. The Bertz CT molecular complexity index is 1470. The zero-order valence-corrected chi connectivity index (χ0v) is 26.4. The molecule has 11 heteroatoms. The molecule has 2 fully saturated rings. The van der Waals surface area contributed by atoms with Crippen LogP contribution in [0.15, 0.2) is 60.7 Å². The topological polar surface area (TPSA) is 97.8 Å². The highest BCUT2D eigenvalue weighted by molar-refractivity contribution is 6.42. The van der Waals surface area contributed by atoms with E-state index in [1.54, 1.807) is 35.2 Å². The normalized spacial score (nSPS) is 19.9. The quantitative estimate of drug-likeness (QED) is 0.285. The first-order valence-corrected chi connectivity index (χ1v) is 15.2. The van der Waals surface area contributed by atoms with Gasteiger partial charge in [-0.05, 0) is 62.2 Å². The van der Waals surface area contributed by atoms with E-state index in [-0.39, 0.29) is 12.0 Å². The van der Waals surface area contributed by atoms with Crippen molar-refractivity contribution in [2.24, 2.45) is 0 Å². The van der Waals surface area contributed by atoms with Gasteiger partial charge >= 0.3 is 5.97 Å². The maximum atomic E-state index is 14.0. The molecule has 0 aromatic heterocycles. The molecule has 3 aromatic rings. The van der Waals surface area contributed by atoms with Gasteiger partial charge in [0.1, 0.15) is 0 Å². The number of methoxy groups -OCH3 is 3. The van der Waals surface area contributed by atoms with Crippen LogP contribution in [-0.2, 0) is 14.9 Å². The van der Waals surface area contributed by atoms with Crippen molar-refractivity contribution in [2.45, 2.75) is 37.0 Å². The number of nitrogens with zero attached hydrogens (tertiary/aromatic N) is 2. The number of hydrogen-bond acceptors (Lipinski definition) is 7. The predicted molar refractivity (Wildman–Crippen MR) is 167 cm³/mol. The predicted octanol–water partition coefficient (Wildman–Crippen LogP) is 6.07.